The smallest absolute Gasteiger partial charge is 0.0937 e. The fourth-order valence-corrected chi connectivity index (χ4v) is 0.923. The Balaban J connectivity index is 3.42. The highest BCUT2D eigenvalue weighted by molar-refractivity contribution is 7.80. The zero-order valence-corrected chi connectivity index (χ0v) is 8.36. The second-order valence-corrected chi connectivity index (χ2v) is 3.22. The SMILES string of the molecule is CCCN=C(N)CCCC(N)=S. The van der Waals surface area contributed by atoms with Crippen molar-refractivity contribution in [2.75, 3.05) is 6.54 Å². The zero-order chi connectivity index (χ0) is 9.40. The quantitative estimate of drug-likeness (QED) is 0.373. The van der Waals surface area contributed by atoms with Crippen molar-refractivity contribution < 1.29 is 0 Å². The van der Waals surface area contributed by atoms with Crippen molar-refractivity contribution in [1.82, 2.24) is 0 Å². The second-order valence-electron chi connectivity index (χ2n) is 2.69. The predicted molar refractivity (Wildman–Crippen MR) is 57.4 cm³/mol. The van der Waals surface area contributed by atoms with Crippen LogP contribution in [0.3, 0.4) is 0 Å². The molecular weight excluding hydrogens is 170 g/mol. The van der Waals surface area contributed by atoms with Gasteiger partial charge in [0.15, 0.2) is 0 Å². The molecule has 12 heavy (non-hydrogen) atoms. The van der Waals surface area contributed by atoms with Crippen molar-refractivity contribution in [3.8, 4) is 0 Å². The fraction of sp³-hybridized carbons (Fsp3) is 0.750. The maximum Gasteiger partial charge on any atom is 0.0937 e. The molecule has 3 nitrogen and oxygen atoms in total. The van der Waals surface area contributed by atoms with Gasteiger partial charge in [0.2, 0.25) is 0 Å². The van der Waals surface area contributed by atoms with Gasteiger partial charge in [0.05, 0.1) is 10.8 Å². The van der Waals surface area contributed by atoms with E-state index in [-0.39, 0.29) is 0 Å². The number of rotatable bonds is 6. The highest BCUT2D eigenvalue weighted by Gasteiger charge is 1.93. The first-order valence-electron chi connectivity index (χ1n) is 4.24. The third-order valence-corrected chi connectivity index (χ3v) is 1.60. The lowest BCUT2D eigenvalue weighted by Gasteiger charge is -1.99. The predicted octanol–water partition coefficient (Wildman–Crippen LogP) is 1.21. The number of nitrogens with zero attached hydrogens (tertiary/aromatic N) is 1. The van der Waals surface area contributed by atoms with Crippen LogP contribution in [-0.4, -0.2) is 17.4 Å². The molecule has 4 heteroatoms. The van der Waals surface area contributed by atoms with Crippen LogP contribution in [0, 0.1) is 0 Å². The normalized spacial score (nSPS) is 11.6. The summed E-state index contributed by atoms with van der Waals surface area (Å²) in [6, 6.07) is 0. The fourth-order valence-electron chi connectivity index (χ4n) is 0.778. The molecule has 0 saturated heterocycles. The van der Waals surface area contributed by atoms with Crippen LogP contribution < -0.4 is 11.5 Å². The average Bonchev–Trinajstić information content (AvgIpc) is 2.00. The van der Waals surface area contributed by atoms with Crippen LogP contribution in [-0.2, 0) is 0 Å². The van der Waals surface area contributed by atoms with Crippen molar-refractivity contribution in [1.29, 1.82) is 0 Å². The standard InChI is InChI=1S/C8H17N3S/c1-2-6-11-7(9)4-3-5-8(10)12/h2-6H2,1H3,(H2,9,11)(H2,10,12). The molecular formula is C8H17N3S. The molecule has 0 radical (unpaired) electrons. The lowest BCUT2D eigenvalue weighted by atomic mass is 10.2. The number of nitrogens with two attached hydrogens (primary N) is 2. The van der Waals surface area contributed by atoms with E-state index in [0.717, 1.165) is 32.2 Å². The van der Waals surface area contributed by atoms with Crippen molar-refractivity contribution in [3.63, 3.8) is 0 Å². The van der Waals surface area contributed by atoms with E-state index in [0.29, 0.717) is 10.8 Å². The van der Waals surface area contributed by atoms with Crippen LogP contribution in [0.25, 0.3) is 0 Å². The molecule has 0 unspecified atom stereocenters. The van der Waals surface area contributed by atoms with Crippen molar-refractivity contribution in [3.05, 3.63) is 0 Å². The van der Waals surface area contributed by atoms with Crippen LogP contribution in [0.1, 0.15) is 32.6 Å². The van der Waals surface area contributed by atoms with E-state index in [1.165, 1.54) is 0 Å². The van der Waals surface area contributed by atoms with E-state index in [1.54, 1.807) is 0 Å². The van der Waals surface area contributed by atoms with Gasteiger partial charge in [-0.25, -0.2) is 0 Å². The Kier molecular flexibility index (Phi) is 6.66. The molecule has 0 amide bonds. The second kappa shape index (κ2) is 7.03. The zero-order valence-electron chi connectivity index (χ0n) is 7.55. The third-order valence-electron chi connectivity index (χ3n) is 1.39. The Labute approximate surface area is 79.2 Å². The number of thiocarbonyl (C=S) groups is 1. The van der Waals surface area contributed by atoms with Gasteiger partial charge in [-0.05, 0) is 19.3 Å². The van der Waals surface area contributed by atoms with Gasteiger partial charge in [0.25, 0.3) is 0 Å². The van der Waals surface area contributed by atoms with Crippen LogP contribution in [0.4, 0.5) is 0 Å². The van der Waals surface area contributed by atoms with Crippen molar-refractivity contribution in [2.45, 2.75) is 32.6 Å². The first kappa shape index (κ1) is 11.4. The van der Waals surface area contributed by atoms with E-state index < -0.39 is 0 Å². The molecule has 0 aliphatic carbocycles. The monoisotopic (exact) mass is 187 g/mol. The van der Waals surface area contributed by atoms with Gasteiger partial charge in [-0.15, -0.1) is 0 Å². The number of aliphatic imine (C=N–C) groups is 1. The van der Waals surface area contributed by atoms with E-state index >= 15 is 0 Å². The minimum absolute atomic E-state index is 0.554. The summed E-state index contributed by atoms with van der Waals surface area (Å²) in [5.74, 6) is 0.716. The lowest BCUT2D eigenvalue weighted by Crippen LogP contribution is -2.14. The van der Waals surface area contributed by atoms with E-state index in [9.17, 15) is 0 Å². The van der Waals surface area contributed by atoms with Crippen LogP contribution >= 0.6 is 12.2 Å². The summed E-state index contributed by atoms with van der Waals surface area (Å²) in [5, 5.41) is 0. The van der Waals surface area contributed by atoms with Gasteiger partial charge >= 0.3 is 0 Å². The van der Waals surface area contributed by atoms with E-state index in [4.69, 9.17) is 23.7 Å². The Morgan fingerprint density at radius 2 is 2.00 bits per heavy atom. The maximum absolute atomic E-state index is 5.61. The summed E-state index contributed by atoms with van der Waals surface area (Å²) < 4.78 is 0. The summed E-state index contributed by atoms with van der Waals surface area (Å²) in [7, 11) is 0. The summed E-state index contributed by atoms with van der Waals surface area (Å²) >= 11 is 4.73. The van der Waals surface area contributed by atoms with Gasteiger partial charge in [0.1, 0.15) is 0 Å². The van der Waals surface area contributed by atoms with E-state index in [2.05, 4.69) is 11.9 Å². The van der Waals surface area contributed by atoms with Crippen LogP contribution in [0.2, 0.25) is 0 Å². The molecule has 0 aliphatic rings. The Morgan fingerprint density at radius 1 is 1.33 bits per heavy atom. The first-order chi connectivity index (χ1) is 5.66. The minimum atomic E-state index is 0.554. The Bertz CT molecular complexity index is 166. The topological polar surface area (TPSA) is 64.4 Å². The molecule has 0 aliphatic heterocycles. The van der Waals surface area contributed by atoms with Gasteiger partial charge in [-0.3, -0.25) is 4.99 Å². The van der Waals surface area contributed by atoms with E-state index in [1.807, 2.05) is 0 Å². The van der Waals surface area contributed by atoms with Crippen molar-refractivity contribution >= 4 is 23.0 Å². The molecule has 70 valence electrons. The average molecular weight is 187 g/mol. The van der Waals surface area contributed by atoms with Gasteiger partial charge in [-0.2, -0.15) is 0 Å². The molecule has 0 rings (SSSR count). The van der Waals surface area contributed by atoms with Crippen molar-refractivity contribution in [2.24, 2.45) is 16.5 Å². The maximum atomic E-state index is 5.61. The number of amidine groups is 1. The molecule has 0 saturated carbocycles. The minimum Gasteiger partial charge on any atom is -0.393 e. The largest absolute Gasteiger partial charge is 0.393 e. The summed E-state index contributed by atoms with van der Waals surface area (Å²) in [4.78, 5) is 4.70. The highest BCUT2D eigenvalue weighted by Crippen LogP contribution is 1.95. The molecule has 0 atom stereocenters. The molecule has 0 aromatic rings. The molecule has 0 aromatic heterocycles. The third kappa shape index (κ3) is 7.47. The first-order valence-corrected chi connectivity index (χ1v) is 4.64. The molecule has 0 aromatic carbocycles. The van der Waals surface area contributed by atoms with Gasteiger partial charge < -0.3 is 11.5 Å². The van der Waals surface area contributed by atoms with Gasteiger partial charge in [-0.1, -0.05) is 19.1 Å². The highest BCUT2D eigenvalue weighted by atomic mass is 32.1. The lowest BCUT2D eigenvalue weighted by molar-refractivity contribution is 0.883. The summed E-state index contributed by atoms with van der Waals surface area (Å²) in [6.45, 7) is 2.89. The molecule has 0 fully saturated rings. The summed E-state index contributed by atoms with van der Waals surface area (Å²) in [5.41, 5.74) is 10.9. The number of hydrogen-bond donors (Lipinski definition) is 2. The van der Waals surface area contributed by atoms with Crippen LogP contribution in [0.5, 0.6) is 0 Å². The molecule has 4 N–H and O–H groups in total. The van der Waals surface area contributed by atoms with Crippen LogP contribution in [0.15, 0.2) is 4.99 Å². The Hall–Kier alpha value is -0.640. The molecule has 0 heterocycles. The number of hydrogen-bond acceptors (Lipinski definition) is 2. The van der Waals surface area contributed by atoms with Gasteiger partial charge in [0, 0.05) is 13.0 Å². The molecule has 0 spiro atoms. The molecule has 0 bridgehead atoms. The summed E-state index contributed by atoms with van der Waals surface area (Å²) in [6.07, 6.45) is 3.51. The Morgan fingerprint density at radius 3 is 2.50 bits per heavy atom.